The van der Waals surface area contributed by atoms with Gasteiger partial charge in [-0.1, -0.05) is 0 Å². The first-order valence-corrected chi connectivity index (χ1v) is 8.74. The van der Waals surface area contributed by atoms with Gasteiger partial charge in [0.2, 0.25) is 5.91 Å². The molecule has 3 amide bonds. The van der Waals surface area contributed by atoms with Gasteiger partial charge in [-0.15, -0.1) is 0 Å². The number of piperazine rings is 1. The van der Waals surface area contributed by atoms with E-state index in [4.69, 9.17) is 9.47 Å². The van der Waals surface area contributed by atoms with Crippen LogP contribution in [0.4, 0.5) is 21.1 Å². The molecule has 146 valence electrons. The molecule has 2 fully saturated rings. The molecule has 2 saturated heterocycles. The standard InChI is InChI=1S/C17H23N5O5/c1-12(23)18-10-14-11-22(17(25)27-14)13-3-4-15(19-9-13)20-5-7-21(8-6-20)16(24)26-2/h3-4,9,14H,5-8,10-11H2,1-2H3,(H,18,23)/t14-/m0/s1. The number of ether oxygens (including phenoxy) is 2. The van der Waals surface area contributed by atoms with Gasteiger partial charge in [-0.2, -0.15) is 0 Å². The van der Waals surface area contributed by atoms with E-state index in [2.05, 4.69) is 15.2 Å². The lowest BCUT2D eigenvalue weighted by Crippen LogP contribution is -2.49. The second-order valence-corrected chi connectivity index (χ2v) is 6.37. The van der Waals surface area contributed by atoms with Gasteiger partial charge in [-0.25, -0.2) is 14.6 Å². The van der Waals surface area contributed by atoms with Gasteiger partial charge in [0.1, 0.15) is 11.9 Å². The second-order valence-electron chi connectivity index (χ2n) is 6.37. The number of amides is 3. The molecular weight excluding hydrogens is 354 g/mol. The van der Waals surface area contributed by atoms with Crippen molar-refractivity contribution >= 4 is 29.6 Å². The second kappa shape index (κ2) is 8.11. The lowest BCUT2D eigenvalue weighted by atomic mass is 10.3. The number of carbonyl (C=O) groups excluding carboxylic acids is 3. The summed E-state index contributed by atoms with van der Waals surface area (Å²) in [5.74, 6) is 0.619. The molecule has 0 radical (unpaired) electrons. The molecule has 1 aromatic rings. The molecule has 2 aliphatic rings. The summed E-state index contributed by atoms with van der Waals surface area (Å²) in [6, 6.07) is 3.66. The van der Waals surface area contributed by atoms with Crippen molar-refractivity contribution in [1.82, 2.24) is 15.2 Å². The van der Waals surface area contributed by atoms with E-state index in [0.717, 1.165) is 5.82 Å². The molecule has 10 nitrogen and oxygen atoms in total. The number of methoxy groups -OCH3 is 1. The molecule has 0 bridgehead atoms. The molecule has 0 saturated carbocycles. The summed E-state index contributed by atoms with van der Waals surface area (Å²) in [5.41, 5.74) is 0.641. The number of anilines is 2. The highest BCUT2D eigenvalue weighted by Crippen LogP contribution is 2.23. The topological polar surface area (TPSA) is 104 Å². The Hall–Kier alpha value is -3.04. The Morgan fingerprint density at radius 3 is 2.63 bits per heavy atom. The Bertz CT molecular complexity index is 702. The van der Waals surface area contributed by atoms with Crippen LogP contribution in [-0.2, 0) is 14.3 Å². The van der Waals surface area contributed by atoms with Crippen LogP contribution in [0.2, 0.25) is 0 Å². The van der Waals surface area contributed by atoms with Gasteiger partial charge in [0, 0.05) is 33.1 Å². The molecule has 0 spiro atoms. The number of pyridine rings is 1. The summed E-state index contributed by atoms with van der Waals surface area (Å²) in [6.45, 7) is 4.52. The van der Waals surface area contributed by atoms with Gasteiger partial charge in [0.15, 0.2) is 0 Å². The number of nitrogens with zero attached hydrogens (tertiary/aromatic N) is 4. The van der Waals surface area contributed by atoms with E-state index < -0.39 is 6.09 Å². The van der Waals surface area contributed by atoms with Gasteiger partial charge in [0.05, 0.1) is 32.1 Å². The van der Waals surface area contributed by atoms with Gasteiger partial charge in [0.25, 0.3) is 0 Å². The minimum absolute atomic E-state index is 0.164. The molecule has 0 aromatic carbocycles. The van der Waals surface area contributed by atoms with E-state index in [1.165, 1.54) is 18.9 Å². The molecule has 1 N–H and O–H groups in total. The SMILES string of the molecule is COC(=O)N1CCN(c2ccc(N3C[C@H](CNC(C)=O)OC3=O)cn2)CC1. The molecule has 1 atom stereocenters. The Morgan fingerprint density at radius 2 is 2.04 bits per heavy atom. The summed E-state index contributed by atoms with van der Waals surface area (Å²) < 4.78 is 9.99. The number of nitrogens with one attached hydrogen (secondary N) is 1. The number of aromatic nitrogens is 1. The van der Waals surface area contributed by atoms with Crippen molar-refractivity contribution in [2.24, 2.45) is 0 Å². The number of hydrogen-bond acceptors (Lipinski definition) is 7. The average Bonchev–Trinajstić information content (AvgIpc) is 3.06. The van der Waals surface area contributed by atoms with Crippen molar-refractivity contribution in [3.63, 3.8) is 0 Å². The Kier molecular flexibility index (Phi) is 5.63. The van der Waals surface area contributed by atoms with Crippen LogP contribution in [0.3, 0.4) is 0 Å². The van der Waals surface area contributed by atoms with Crippen molar-refractivity contribution in [3.8, 4) is 0 Å². The molecule has 1 aromatic heterocycles. The van der Waals surface area contributed by atoms with E-state index in [-0.39, 0.29) is 24.6 Å². The molecule has 0 aliphatic carbocycles. The van der Waals surface area contributed by atoms with Crippen LogP contribution in [-0.4, -0.2) is 80.5 Å². The fourth-order valence-corrected chi connectivity index (χ4v) is 3.07. The van der Waals surface area contributed by atoms with Crippen LogP contribution in [0, 0.1) is 0 Å². The third-order valence-electron chi connectivity index (χ3n) is 4.53. The first kappa shape index (κ1) is 18.7. The predicted octanol–water partition coefficient (Wildman–Crippen LogP) is 0.431. The number of hydrogen-bond donors (Lipinski definition) is 1. The monoisotopic (exact) mass is 377 g/mol. The maximum atomic E-state index is 12.0. The Morgan fingerprint density at radius 1 is 1.30 bits per heavy atom. The molecule has 3 rings (SSSR count). The highest BCUT2D eigenvalue weighted by Gasteiger charge is 2.32. The minimum atomic E-state index is -0.452. The van der Waals surface area contributed by atoms with Crippen LogP contribution < -0.4 is 15.1 Å². The smallest absolute Gasteiger partial charge is 0.414 e. The first-order chi connectivity index (χ1) is 13.0. The predicted molar refractivity (Wildman–Crippen MR) is 96.7 cm³/mol. The van der Waals surface area contributed by atoms with E-state index in [9.17, 15) is 14.4 Å². The number of rotatable bonds is 4. The highest BCUT2D eigenvalue weighted by molar-refractivity contribution is 5.89. The van der Waals surface area contributed by atoms with Crippen molar-refractivity contribution < 1.29 is 23.9 Å². The zero-order chi connectivity index (χ0) is 19.4. The van der Waals surface area contributed by atoms with Crippen LogP contribution in [0.25, 0.3) is 0 Å². The number of cyclic esters (lactones) is 1. The van der Waals surface area contributed by atoms with E-state index in [0.29, 0.717) is 38.4 Å². The molecule has 3 heterocycles. The fourth-order valence-electron chi connectivity index (χ4n) is 3.07. The van der Waals surface area contributed by atoms with Crippen molar-refractivity contribution in [2.75, 3.05) is 56.2 Å². The lowest BCUT2D eigenvalue weighted by Gasteiger charge is -2.34. The minimum Gasteiger partial charge on any atom is -0.453 e. The summed E-state index contributed by atoms with van der Waals surface area (Å²) >= 11 is 0. The first-order valence-electron chi connectivity index (χ1n) is 8.74. The van der Waals surface area contributed by atoms with Crippen molar-refractivity contribution in [2.45, 2.75) is 13.0 Å². The molecule has 2 aliphatic heterocycles. The normalized spacial score (nSPS) is 19.7. The zero-order valence-corrected chi connectivity index (χ0v) is 15.4. The van der Waals surface area contributed by atoms with Gasteiger partial charge in [-0.3, -0.25) is 9.69 Å². The van der Waals surface area contributed by atoms with E-state index >= 15 is 0 Å². The molecular formula is C17H23N5O5. The summed E-state index contributed by atoms with van der Waals surface area (Å²) in [5, 5.41) is 2.65. The molecule has 0 unspecified atom stereocenters. The van der Waals surface area contributed by atoms with E-state index in [1.807, 2.05) is 12.1 Å². The lowest BCUT2D eigenvalue weighted by molar-refractivity contribution is -0.119. The highest BCUT2D eigenvalue weighted by atomic mass is 16.6. The zero-order valence-electron chi connectivity index (χ0n) is 15.4. The molecule has 10 heteroatoms. The van der Waals surface area contributed by atoms with Crippen molar-refractivity contribution in [3.05, 3.63) is 18.3 Å². The maximum Gasteiger partial charge on any atom is 0.414 e. The molecule has 27 heavy (non-hydrogen) atoms. The Balaban J connectivity index is 1.57. The summed E-state index contributed by atoms with van der Waals surface area (Å²) in [4.78, 5) is 44.2. The van der Waals surface area contributed by atoms with Gasteiger partial charge < -0.3 is 24.6 Å². The maximum absolute atomic E-state index is 12.0. The van der Waals surface area contributed by atoms with E-state index in [1.54, 1.807) is 11.1 Å². The largest absolute Gasteiger partial charge is 0.453 e. The fraction of sp³-hybridized carbons (Fsp3) is 0.529. The van der Waals surface area contributed by atoms with Crippen LogP contribution in [0.15, 0.2) is 18.3 Å². The average molecular weight is 377 g/mol. The van der Waals surface area contributed by atoms with Crippen LogP contribution in [0.5, 0.6) is 0 Å². The summed E-state index contributed by atoms with van der Waals surface area (Å²) in [7, 11) is 1.37. The Labute approximate surface area is 157 Å². The van der Waals surface area contributed by atoms with Gasteiger partial charge in [-0.05, 0) is 12.1 Å². The van der Waals surface area contributed by atoms with Crippen LogP contribution >= 0.6 is 0 Å². The van der Waals surface area contributed by atoms with Crippen LogP contribution in [0.1, 0.15) is 6.92 Å². The third-order valence-corrected chi connectivity index (χ3v) is 4.53. The van der Waals surface area contributed by atoms with Gasteiger partial charge >= 0.3 is 12.2 Å². The third kappa shape index (κ3) is 4.39. The van der Waals surface area contributed by atoms with Crippen molar-refractivity contribution in [1.29, 1.82) is 0 Å². The summed E-state index contributed by atoms with van der Waals surface area (Å²) in [6.07, 6.45) is 0.475. The quantitative estimate of drug-likeness (QED) is 0.811. The number of carbonyl (C=O) groups is 3.